The second-order valence-electron chi connectivity index (χ2n) is 5.28. The van der Waals surface area contributed by atoms with Crippen LogP contribution in [0.15, 0.2) is 45.9 Å². The number of sulfonamides is 1. The largest absolute Gasteiger partial charge is 0.468 e. The molecule has 2 rings (SSSR count). The van der Waals surface area contributed by atoms with Gasteiger partial charge in [-0.2, -0.15) is 0 Å². The van der Waals surface area contributed by atoms with Crippen LogP contribution in [0.25, 0.3) is 0 Å². The predicted octanol–water partition coefficient (Wildman–Crippen LogP) is 2.31. The van der Waals surface area contributed by atoms with Crippen molar-refractivity contribution >= 4 is 10.0 Å². The number of aryl methyl sites for hydroxylation is 1. The quantitative estimate of drug-likeness (QED) is 0.885. The maximum atomic E-state index is 13.8. The molecule has 0 saturated carbocycles. The van der Waals surface area contributed by atoms with Crippen LogP contribution in [0.4, 0.5) is 4.39 Å². The number of hydrogen-bond acceptors (Lipinski definition) is 4. The van der Waals surface area contributed by atoms with Crippen LogP contribution in [-0.4, -0.2) is 34.0 Å². The molecule has 0 aliphatic carbocycles. The third-order valence-corrected chi connectivity index (χ3v) is 4.78. The number of hydrogen-bond donors (Lipinski definition) is 1. The third kappa shape index (κ3) is 3.73. The van der Waals surface area contributed by atoms with Gasteiger partial charge in [-0.05, 0) is 50.8 Å². The lowest BCUT2D eigenvalue weighted by Crippen LogP contribution is -2.34. The van der Waals surface area contributed by atoms with Crippen molar-refractivity contribution in [2.75, 3.05) is 20.6 Å². The van der Waals surface area contributed by atoms with Crippen LogP contribution in [0.2, 0.25) is 0 Å². The van der Waals surface area contributed by atoms with Crippen molar-refractivity contribution in [1.82, 2.24) is 9.62 Å². The summed E-state index contributed by atoms with van der Waals surface area (Å²) in [5.74, 6) is -0.130. The summed E-state index contributed by atoms with van der Waals surface area (Å²) in [5, 5.41) is 0. The normalized spacial score (nSPS) is 13.5. The van der Waals surface area contributed by atoms with Crippen LogP contribution in [0.5, 0.6) is 0 Å². The Hall–Kier alpha value is -1.70. The Labute approximate surface area is 129 Å². The maximum absolute atomic E-state index is 13.8. The fraction of sp³-hybridized carbons (Fsp3) is 0.333. The highest BCUT2D eigenvalue weighted by Crippen LogP contribution is 2.20. The van der Waals surface area contributed by atoms with Crippen molar-refractivity contribution in [1.29, 1.82) is 0 Å². The Morgan fingerprint density at radius 3 is 2.64 bits per heavy atom. The zero-order valence-corrected chi connectivity index (χ0v) is 13.5. The molecule has 1 N–H and O–H groups in total. The lowest BCUT2D eigenvalue weighted by molar-refractivity contribution is 0.259. The van der Waals surface area contributed by atoms with E-state index in [4.69, 9.17) is 4.42 Å². The summed E-state index contributed by atoms with van der Waals surface area (Å²) >= 11 is 0. The summed E-state index contributed by atoms with van der Waals surface area (Å²) in [7, 11) is -0.298. The Bertz CT molecular complexity index is 727. The monoisotopic (exact) mass is 326 g/mol. The van der Waals surface area contributed by atoms with E-state index in [0.29, 0.717) is 11.3 Å². The van der Waals surface area contributed by atoms with Crippen LogP contribution in [-0.2, 0) is 10.0 Å². The highest BCUT2D eigenvalue weighted by Gasteiger charge is 2.23. The van der Waals surface area contributed by atoms with Gasteiger partial charge in [-0.3, -0.25) is 4.90 Å². The number of furan rings is 1. The predicted molar refractivity (Wildman–Crippen MR) is 81.5 cm³/mol. The number of halogens is 1. The van der Waals surface area contributed by atoms with Crippen LogP contribution in [0.3, 0.4) is 0 Å². The molecule has 0 saturated heterocycles. The highest BCUT2D eigenvalue weighted by molar-refractivity contribution is 7.89. The van der Waals surface area contributed by atoms with Crippen LogP contribution < -0.4 is 4.72 Å². The first-order valence-electron chi connectivity index (χ1n) is 6.77. The van der Waals surface area contributed by atoms with Crippen molar-refractivity contribution < 1.29 is 17.2 Å². The van der Waals surface area contributed by atoms with Crippen molar-refractivity contribution in [3.8, 4) is 0 Å². The molecule has 0 aliphatic rings. The standard InChI is InChI=1S/C15H19FN2O3S/c1-11-6-7-12(16)15(9-11)22(19,20)17-10-13(18(2)3)14-5-4-8-21-14/h4-9,13,17H,10H2,1-3H3. The van der Waals surface area contributed by atoms with Gasteiger partial charge in [0, 0.05) is 6.54 Å². The molecule has 0 radical (unpaired) electrons. The van der Waals surface area contributed by atoms with Gasteiger partial charge in [0.1, 0.15) is 16.5 Å². The molecule has 0 aliphatic heterocycles. The van der Waals surface area contributed by atoms with E-state index in [1.54, 1.807) is 19.1 Å². The highest BCUT2D eigenvalue weighted by atomic mass is 32.2. The van der Waals surface area contributed by atoms with Gasteiger partial charge < -0.3 is 4.42 Å². The molecule has 120 valence electrons. The minimum absolute atomic E-state index is 0.0796. The molecule has 1 unspecified atom stereocenters. The number of rotatable bonds is 6. The smallest absolute Gasteiger partial charge is 0.243 e. The van der Waals surface area contributed by atoms with Gasteiger partial charge in [-0.15, -0.1) is 0 Å². The molecular weight excluding hydrogens is 307 g/mol. The third-order valence-electron chi connectivity index (χ3n) is 3.34. The van der Waals surface area contributed by atoms with Crippen molar-refractivity contribution in [3.05, 3.63) is 53.7 Å². The van der Waals surface area contributed by atoms with Gasteiger partial charge >= 0.3 is 0 Å². The summed E-state index contributed by atoms with van der Waals surface area (Å²) < 4.78 is 46.1. The lowest BCUT2D eigenvalue weighted by atomic mass is 10.2. The van der Waals surface area contributed by atoms with E-state index in [2.05, 4.69) is 4.72 Å². The summed E-state index contributed by atoms with van der Waals surface area (Å²) in [5.41, 5.74) is 0.678. The van der Waals surface area contributed by atoms with E-state index in [1.807, 2.05) is 19.0 Å². The van der Waals surface area contributed by atoms with E-state index in [1.165, 1.54) is 18.4 Å². The number of benzene rings is 1. The van der Waals surface area contributed by atoms with E-state index >= 15 is 0 Å². The Morgan fingerprint density at radius 2 is 2.05 bits per heavy atom. The molecule has 7 heteroatoms. The second-order valence-corrected chi connectivity index (χ2v) is 7.02. The van der Waals surface area contributed by atoms with Gasteiger partial charge in [0.2, 0.25) is 10.0 Å². The van der Waals surface area contributed by atoms with Crippen molar-refractivity contribution in [3.63, 3.8) is 0 Å². The first-order valence-corrected chi connectivity index (χ1v) is 8.25. The maximum Gasteiger partial charge on any atom is 0.243 e. The summed E-state index contributed by atoms with van der Waals surface area (Å²) in [4.78, 5) is 1.48. The summed E-state index contributed by atoms with van der Waals surface area (Å²) in [6.07, 6.45) is 1.53. The van der Waals surface area contributed by atoms with E-state index in [-0.39, 0.29) is 17.5 Å². The van der Waals surface area contributed by atoms with Gasteiger partial charge in [-0.1, -0.05) is 6.07 Å². The molecular formula is C15H19FN2O3S. The van der Waals surface area contributed by atoms with Gasteiger partial charge in [0.25, 0.3) is 0 Å². The van der Waals surface area contributed by atoms with Gasteiger partial charge in [-0.25, -0.2) is 17.5 Å². The fourth-order valence-electron chi connectivity index (χ4n) is 2.10. The molecule has 0 amide bonds. The second kappa shape index (κ2) is 6.60. The Morgan fingerprint density at radius 1 is 1.32 bits per heavy atom. The first-order chi connectivity index (χ1) is 10.3. The van der Waals surface area contributed by atoms with Crippen molar-refractivity contribution in [2.45, 2.75) is 17.9 Å². The molecule has 1 aromatic carbocycles. The fourth-order valence-corrected chi connectivity index (χ4v) is 3.30. The summed E-state index contributed by atoms with van der Waals surface area (Å²) in [6, 6.07) is 7.22. The average molecular weight is 326 g/mol. The molecule has 1 heterocycles. The van der Waals surface area contributed by atoms with E-state index < -0.39 is 15.8 Å². The minimum Gasteiger partial charge on any atom is -0.468 e. The molecule has 0 bridgehead atoms. The average Bonchev–Trinajstić information content (AvgIpc) is 2.95. The van der Waals surface area contributed by atoms with Gasteiger partial charge in [0.15, 0.2) is 0 Å². The Kier molecular flexibility index (Phi) is 5.00. The van der Waals surface area contributed by atoms with E-state index in [0.717, 1.165) is 6.07 Å². The number of likely N-dealkylation sites (N-methyl/N-ethyl adjacent to an activating group) is 1. The molecule has 2 aromatic rings. The van der Waals surface area contributed by atoms with Crippen LogP contribution >= 0.6 is 0 Å². The van der Waals surface area contributed by atoms with Crippen LogP contribution in [0.1, 0.15) is 17.4 Å². The zero-order chi connectivity index (χ0) is 16.3. The van der Waals surface area contributed by atoms with Crippen LogP contribution in [0, 0.1) is 12.7 Å². The topological polar surface area (TPSA) is 62.6 Å². The van der Waals surface area contributed by atoms with Gasteiger partial charge in [0.05, 0.1) is 12.3 Å². The zero-order valence-electron chi connectivity index (χ0n) is 12.7. The molecule has 22 heavy (non-hydrogen) atoms. The van der Waals surface area contributed by atoms with Crippen molar-refractivity contribution in [2.24, 2.45) is 0 Å². The first kappa shape index (κ1) is 16.7. The molecule has 1 atom stereocenters. The number of nitrogens with one attached hydrogen (secondary N) is 1. The SMILES string of the molecule is Cc1ccc(F)c(S(=O)(=O)NCC(c2ccco2)N(C)C)c1. The molecule has 1 aromatic heterocycles. The molecule has 5 nitrogen and oxygen atoms in total. The summed E-state index contributed by atoms with van der Waals surface area (Å²) in [6.45, 7) is 1.79. The Balaban J connectivity index is 2.20. The number of nitrogens with zero attached hydrogens (tertiary/aromatic N) is 1. The lowest BCUT2D eigenvalue weighted by Gasteiger charge is -2.22. The minimum atomic E-state index is -3.93. The van der Waals surface area contributed by atoms with E-state index in [9.17, 15) is 12.8 Å². The molecule has 0 fully saturated rings. The molecule has 0 spiro atoms.